The fourth-order valence-corrected chi connectivity index (χ4v) is 2.96. The second kappa shape index (κ2) is 5.40. The largest absolute Gasteiger partial charge is 0.333 e. The van der Waals surface area contributed by atoms with Crippen molar-refractivity contribution >= 4 is 22.5 Å². The lowest BCUT2D eigenvalue weighted by Crippen LogP contribution is -2.31. The number of rotatable bonds is 4. The van der Waals surface area contributed by atoms with Crippen LogP contribution < -0.4 is 0 Å². The quantitative estimate of drug-likeness (QED) is 0.838. The maximum absolute atomic E-state index is 12.5. The van der Waals surface area contributed by atoms with E-state index < -0.39 is 0 Å². The third-order valence-corrected chi connectivity index (χ3v) is 4.50. The average molecular weight is 282 g/mol. The Hall–Kier alpha value is -2.03. The molecule has 0 radical (unpaired) electrons. The van der Waals surface area contributed by atoms with Crippen molar-refractivity contribution in [2.45, 2.75) is 27.2 Å². The first-order chi connectivity index (χ1) is 10.1. The van der Waals surface area contributed by atoms with Crippen molar-refractivity contribution in [2.75, 3.05) is 13.1 Å². The van der Waals surface area contributed by atoms with Crippen molar-refractivity contribution in [3.05, 3.63) is 42.1 Å². The molecule has 0 N–H and O–H groups in total. The Morgan fingerprint density at radius 3 is 2.76 bits per heavy atom. The van der Waals surface area contributed by atoms with Gasteiger partial charge in [0.1, 0.15) is 0 Å². The summed E-state index contributed by atoms with van der Waals surface area (Å²) in [5.41, 5.74) is 3.16. The minimum atomic E-state index is 0.183. The number of amides is 1. The van der Waals surface area contributed by atoms with Gasteiger partial charge in [-0.2, -0.15) is 0 Å². The van der Waals surface area contributed by atoms with Gasteiger partial charge in [0, 0.05) is 18.3 Å². The first-order valence-corrected chi connectivity index (χ1v) is 7.67. The van der Waals surface area contributed by atoms with E-state index in [9.17, 15) is 4.79 Å². The number of para-hydroxylation sites is 1. The summed E-state index contributed by atoms with van der Waals surface area (Å²) in [4.78, 5) is 14.4. The van der Waals surface area contributed by atoms with E-state index in [-0.39, 0.29) is 5.91 Å². The fraction of sp³-hybridized carbons (Fsp3) is 0.389. The zero-order valence-corrected chi connectivity index (χ0v) is 13.0. The van der Waals surface area contributed by atoms with Crippen molar-refractivity contribution in [1.29, 1.82) is 0 Å². The summed E-state index contributed by atoms with van der Waals surface area (Å²) in [7, 11) is 0. The molecule has 3 nitrogen and oxygen atoms in total. The van der Waals surface area contributed by atoms with Crippen LogP contribution in [0.3, 0.4) is 0 Å². The third kappa shape index (κ3) is 2.37. The van der Waals surface area contributed by atoms with Crippen molar-refractivity contribution in [1.82, 2.24) is 9.47 Å². The van der Waals surface area contributed by atoms with Crippen LogP contribution in [0.25, 0.3) is 16.6 Å². The van der Waals surface area contributed by atoms with Gasteiger partial charge < -0.3 is 9.47 Å². The predicted molar refractivity (Wildman–Crippen MR) is 86.9 cm³/mol. The topological polar surface area (TPSA) is 25.2 Å². The number of hydrogen-bond donors (Lipinski definition) is 0. The summed E-state index contributed by atoms with van der Waals surface area (Å²) in [6, 6.07) is 10.4. The smallest absolute Gasteiger partial charge is 0.251 e. The van der Waals surface area contributed by atoms with E-state index >= 15 is 0 Å². The lowest BCUT2D eigenvalue weighted by Gasteiger charge is -2.20. The molecule has 1 aromatic heterocycles. The molecule has 1 amide bonds. The van der Waals surface area contributed by atoms with E-state index in [0.717, 1.165) is 24.2 Å². The number of carbonyl (C=O) groups is 1. The number of benzene rings is 1. The summed E-state index contributed by atoms with van der Waals surface area (Å²) < 4.78 is 2.17. The standard InChI is InChI=1S/C18H22N2O/c1-4-13(2)11-19-12-17(14(3)18(19)21)20-10-9-15-7-5-6-8-16(15)20/h5-10,13H,4,11-12H2,1-3H3/t13-/m1/s1. The Morgan fingerprint density at radius 2 is 2.00 bits per heavy atom. The molecule has 3 heteroatoms. The highest BCUT2D eigenvalue weighted by Crippen LogP contribution is 2.28. The zero-order valence-electron chi connectivity index (χ0n) is 13.0. The summed E-state index contributed by atoms with van der Waals surface area (Å²) in [6.45, 7) is 7.88. The van der Waals surface area contributed by atoms with Crippen molar-refractivity contribution in [3.8, 4) is 0 Å². The molecular formula is C18H22N2O. The van der Waals surface area contributed by atoms with Crippen LogP contribution >= 0.6 is 0 Å². The first-order valence-electron chi connectivity index (χ1n) is 7.67. The van der Waals surface area contributed by atoms with Gasteiger partial charge in [0.15, 0.2) is 0 Å². The van der Waals surface area contributed by atoms with Gasteiger partial charge in [-0.25, -0.2) is 0 Å². The zero-order chi connectivity index (χ0) is 15.0. The molecular weight excluding hydrogens is 260 g/mol. The van der Waals surface area contributed by atoms with Gasteiger partial charge in [-0.3, -0.25) is 4.79 Å². The summed E-state index contributed by atoms with van der Waals surface area (Å²) in [5.74, 6) is 0.727. The van der Waals surface area contributed by atoms with Crippen LogP contribution in [0.15, 0.2) is 42.1 Å². The molecule has 2 aromatic rings. The number of fused-ring (bicyclic) bond motifs is 1. The summed E-state index contributed by atoms with van der Waals surface area (Å²) in [6.07, 6.45) is 3.17. The Balaban J connectivity index is 1.94. The minimum absolute atomic E-state index is 0.183. The molecule has 1 aliphatic heterocycles. The molecule has 0 unspecified atom stereocenters. The molecule has 0 saturated carbocycles. The van der Waals surface area contributed by atoms with Crippen molar-refractivity contribution < 1.29 is 4.79 Å². The number of carbonyl (C=O) groups excluding carboxylic acids is 1. The van der Waals surface area contributed by atoms with Gasteiger partial charge >= 0.3 is 0 Å². The predicted octanol–water partition coefficient (Wildman–Crippen LogP) is 3.76. The molecule has 110 valence electrons. The Labute approximate surface area is 125 Å². The van der Waals surface area contributed by atoms with Crippen molar-refractivity contribution in [3.63, 3.8) is 0 Å². The molecule has 0 fully saturated rings. The highest BCUT2D eigenvalue weighted by atomic mass is 16.2. The normalized spacial score (nSPS) is 17.1. The monoisotopic (exact) mass is 282 g/mol. The number of hydrogen-bond acceptors (Lipinski definition) is 1. The summed E-state index contributed by atoms with van der Waals surface area (Å²) >= 11 is 0. The fourth-order valence-electron chi connectivity index (χ4n) is 2.96. The molecule has 1 atom stereocenters. The van der Waals surface area contributed by atoms with Gasteiger partial charge in [0.2, 0.25) is 0 Å². The van der Waals surface area contributed by atoms with Gasteiger partial charge in [-0.1, -0.05) is 38.5 Å². The van der Waals surface area contributed by atoms with E-state index in [1.165, 1.54) is 10.9 Å². The maximum atomic E-state index is 12.5. The molecule has 0 aliphatic carbocycles. The molecule has 0 spiro atoms. The van der Waals surface area contributed by atoms with E-state index in [4.69, 9.17) is 0 Å². The van der Waals surface area contributed by atoms with Crippen LogP contribution in [0.1, 0.15) is 27.2 Å². The van der Waals surface area contributed by atoms with Crippen molar-refractivity contribution in [2.24, 2.45) is 5.92 Å². The van der Waals surface area contributed by atoms with Gasteiger partial charge in [0.05, 0.1) is 17.8 Å². The first kappa shape index (κ1) is 13.9. The second-order valence-electron chi connectivity index (χ2n) is 6.02. The van der Waals surface area contributed by atoms with E-state index in [1.54, 1.807) is 0 Å². The third-order valence-electron chi connectivity index (χ3n) is 4.50. The van der Waals surface area contributed by atoms with Gasteiger partial charge in [-0.05, 0) is 30.4 Å². The molecule has 1 aliphatic rings. The van der Waals surface area contributed by atoms with Crippen LogP contribution in [-0.2, 0) is 4.79 Å². The number of aromatic nitrogens is 1. The SMILES string of the molecule is CC[C@@H](C)CN1CC(n2ccc3ccccc32)=C(C)C1=O. The van der Waals surface area contributed by atoms with E-state index in [0.29, 0.717) is 12.5 Å². The Morgan fingerprint density at radius 1 is 1.24 bits per heavy atom. The number of nitrogens with zero attached hydrogens (tertiary/aromatic N) is 2. The molecule has 3 rings (SSSR count). The van der Waals surface area contributed by atoms with Gasteiger partial charge in [0.25, 0.3) is 5.91 Å². The second-order valence-corrected chi connectivity index (χ2v) is 6.02. The van der Waals surface area contributed by atoms with Crippen LogP contribution in [0.4, 0.5) is 0 Å². The van der Waals surface area contributed by atoms with E-state index in [2.05, 4.69) is 42.8 Å². The lowest BCUT2D eigenvalue weighted by atomic mass is 10.1. The van der Waals surface area contributed by atoms with Gasteiger partial charge in [-0.15, -0.1) is 0 Å². The molecule has 1 aromatic carbocycles. The Bertz CT molecular complexity index is 711. The highest BCUT2D eigenvalue weighted by molar-refractivity contribution is 6.03. The molecule has 21 heavy (non-hydrogen) atoms. The maximum Gasteiger partial charge on any atom is 0.251 e. The van der Waals surface area contributed by atoms with Crippen LogP contribution in [0.5, 0.6) is 0 Å². The Kier molecular flexibility index (Phi) is 3.58. The molecule has 2 heterocycles. The van der Waals surface area contributed by atoms with E-state index in [1.807, 2.05) is 24.0 Å². The minimum Gasteiger partial charge on any atom is -0.333 e. The molecule has 0 saturated heterocycles. The van der Waals surface area contributed by atoms with Crippen LogP contribution in [0, 0.1) is 5.92 Å². The molecule has 0 bridgehead atoms. The lowest BCUT2D eigenvalue weighted by molar-refractivity contribution is -0.125. The van der Waals surface area contributed by atoms with Crippen LogP contribution in [-0.4, -0.2) is 28.5 Å². The van der Waals surface area contributed by atoms with Crippen LogP contribution in [0.2, 0.25) is 0 Å². The highest BCUT2D eigenvalue weighted by Gasteiger charge is 2.29. The average Bonchev–Trinajstić information content (AvgIpc) is 3.03. The summed E-state index contributed by atoms with van der Waals surface area (Å²) in [5, 5.41) is 1.21.